The summed E-state index contributed by atoms with van der Waals surface area (Å²) in [6.45, 7) is 3.99. The summed E-state index contributed by atoms with van der Waals surface area (Å²) in [6, 6.07) is 7.83. The van der Waals surface area contributed by atoms with E-state index in [1.165, 1.54) is 0 Å². The molecule has 0 atom stereocenters. The minimum absolute atomic E-state index is 0.0796. The van der Waals surface area contributed by atoms with Gasteiger partial charge in [-0.2, -0.15) is 0 Å². The lowest BCUT2D eigenvalue weighted by molar-refractivity contribution is 0.405. The number of nitrogens with zero attached hydrogens (tertiary/aromatic N) is 2. The second kappa shape index (κ2) is 4.08. The summed E-state index contributed by atoms with van der Waals surface area (Å²) in [4.78, 5) is 0. The van der Waals surface area contributed by atoms with Crippen molar-refractivity contribution < 1.29 is 9.15 Å². The van der Waals surface area contributed by atoms with Crippen LogP contribution >= 0.6 is 0 Å². The highest BCUT2D eigenvalue weighted by Gasteiger charge is 2.29. The summed E-state index contributed by atoms with van der Waals surface area (Å²) in [7, 11) is 1.64. The number of benzene rings is 1. The largest absolute Gasteiger partial charge is 0.497 e. The normalized spacial score (nSPS) is 11.5. The summed E-state index contributed by atoms with van der Waals surface area (Å²) >= 11 is 0. The van der Waals surface area contributed by atoms with Crippen LogP contribution in [0.25, 0.3) is 0 Å². The summed E-state index contributed by atoms with van der Waals surface area (Å²) in [5.74, 6) is 1.28. The maximum Gasteiger partial charge on any atom is 0.312 e. The molecule has 2 N–H and O–H groups in total. The highest BCUT2D eigenvalue weighted by molar-refractivity contribution is 5.36. The molecule has 2 aromatic rings. The first-order valence-corrected chi connectivity index (χ1v) is 5.28. The van der Waals surface area contributed by atoms with E-state index in [0.717, 1.165) is 11.3 Å². The molecule has 90 valence electrons. The van der Waals surface area contributed by atoms with Crippen LogP contribution < -0.4 is 10.5 Å². The van der Waals surface area contributed by atoms with Crippen molar-refractivity contribution in [3.8, 4) is 5.75 Å². The zero-order valence-corrected chi connectivity index (χ0v) is 10.1. The quantitative estimate of drug-likeness (QED) is 0.877. The molecule has 0 radical (unpaired) electrons. The lowest BCUT2D eigenvalue weighted by atomic mass is 9.84. The molecule has 0 fully saturated rings. The van der Waals surface area contributed by atoms with E-state index in [9.17, 15) is 0 Å². The molecular formula is C12H15N3O2. The molecule has 17 heavy (non-hydrogen) atoms. The number of anilines is 1. The zero-order valence-electron chi connectivity index (χ0n) is 10.1. The van der Waals surface area contributed by atoms with Gasteiger partial charge in [0.25, 0.3) is 0 Å². The van der Waals surface area contributed by atoms with Gasteiger partial charge in [0.05, 0.1) is 12.5 Å². The Hall–Kier alpha value is -2.04. The molecule has 0 bridgehead atoms. The van der Waals surface area contributed by atoms with Crippen LogP contribution in [0.5, 0.6) is 5.75 Å². The van der Waals surface area contributed by atoms with Crippen molar-refractivity contribution in [2.24, 2.45) is 0 Å². The Bertz CT molecular complexity index is 520. The maximum absolute atomic E-state index is 5.44. The van der Waals surface area contributed by atoms with Gasteiger partial charge in [-0.15, -0.1) is 5.10 Å². The van der Waals surface area contributed by atoms with Crippen molar-refractivity contribution >= 4 is 6.01 Å². The fourth-order valence-corrected chi connectivity index (χ4v) is 1.62. The third-order valence-corrected chi connectivity index (χ3v) is 2.77. The van der Waals surface area contributed by atoms with Gasteiger partial charge in [0.1, 0.15) is 5.75 Å². The molecule has 0 aliphatic heterocycles. The van der Waals surface area contributed by atoms with E-state index < -0.39 is 5.41 Å². The van der Waals surface area contributed by atoms with Crippen LogP contribution in [0, 0.1) is 0 Å². The third-order valence-electron chi connectivity index (χ3n) is 2.77. The van der Waals surface area contributed by atoms with Crippen LogP contribution in [0.1, 0.15) is 25.3 Å². The van der Waals surface area contributed by atoms with Gasteiger partial charge in [-0.1, -0.05) is 17.2 Å². The van der Waals surface area contributed by atoms with Gasteiger partial charge in [-0.25, -0.2) is 0 Å². The summed E-state index contributed by atoms with van der Waals surface area (Å²) < 4.78 is 10.5. The molecule has 0 spiro atoms. The lowest BCUT2D eigenvalue weighted by Crippen LogP contribution is -2.19. The first-order chi connectivity index (χ1) is 8.04. The van der Waals surface area contributed by atoms with Crippen LogP contribution in [0.4, 0.5) is 6.01 Å². The predicted octanol–water partition coefficient (Wildman–Crippen LogP) is 1.99. The van der Waals surface area contributed by atoms with Crippen molar-refractivity contribution in [1.82, 2.24) is 10.2 Å². The summed E-state index contributed by atoms with van der Waals surface area (Å²) in [6.07, 6.45) is 0. The molecule has 1 aromatic carbocycles. The third kappa shape index (κ3) is 2.08. The van der Waals surface area contributed by atoms with Crippen molar-refractivity contribution in [1.29, 1.82) is 0 Å². The Labute approximate surface area is 99.6 Å². The fourth-order valence-electron chi connectivity index (χ4n) is 1.62. The first-order valence-electron chi connectivity index (χ1n) is 5.28. The lowest BCUT2D eigenvalue weighted by Gasteiger charge is -2.21. The Balaban J connectivity index is 2.43. The van der Waals surface area contributed by atoms with Crippen molar-refractivity contribution in [3.63, 3.8) is 0 Å². The van der Waals surface area contributed by atoms with Crippen molar-refractivity contribution in [3.05, 3.63) is 35.7 Å². The van der Waals surface area contributed by atoms with Gasteiger partial charge in [-0.3, -0.25) is 0 Å². The molecular weight excluding hydrogens is 218 g/mol. The molecule has 2 rings (SSSR count). The molecule has 0 amide bonds. The first kappa shape index (κ1) is 11.4. The Morgan fingerprint density at radius 1 is 1.29 bits per heavy atom. The SMILES string of the molecule is COc1cccc(C(C)(C)c2nnc(N)o2)c1. The fraction of sp³-hybridized carbons (Fsp3) is 0.333. The molecule has 1 heterocycles. The second-order valence-corrected chi connectivity index (χ2v) is 4.30. The number of nitrogens with two attached hydrogens (primary N) is 1. The van der Waals surface area contributed by atoms with Crippen molar-refractivity contribution in [2.45, 2.75) is 19.3 Å². The van der Waals surface area contributed by atoms with Crippen LogP contribution in [0.3, 0.4) is 0 Å². The van der Waals surface area contributed by atoms with E-state index in [1.54, 1.807) is 7.11 Å². The van der Waals surface area contributed by atoms with E-state index >= 15 is 0 Å². The van der Waals surface area contributed by atoms with Crippen LogP contribution in [0.15, 0.2) is 28.7 Å². The number of methoxy groups -OCH3 is 1. The Morgan fingerprint density at radius 2 is 2.06 bits per heavy atom. The van der Waals surface area contributed by atoms with Gasteiger partial charge in [-0.05, 0) is 31.5 Å². The predicted molar refractivity (Wildman–Crippen MR) is 63.8 cm³/mol. The summed E-state index contributed by atoms with van der Waals surface area (Å²) in [5, 5.41) is 7.62. The van der Waals surface area contributed by atoms with E-state index in [4.69, 9.17) is 14.9 Å². The monoisotopic (exact) mass is 233 g/mol. The number of nitrogen functional groups attached to an aromatic ring is 1. The van der Waals surface area contributed by atoms with E-state index in [2.05, 4.69) is 10.2 Å². The molecule has 1 aromatic heterocycles. The smallest absolute Gasteiger partial charge is 0.312 e. The average molecular weight is 233 g/mol. The number of hydrogen-bond donors (Lipinski definition) is 1. The molecule has 0 saturated heterocycles. The molecule has 0 aliphatic rings. The van der Waals surface area contributed by atoms with Crippen LogP contribution in [-0.4, -0.2) is 17.3 Å². The summed E-state index contributed by atoms with van der Waals surface area (Å²) in [5.41, 5.74) is 6.07. The number of rotatable bonds is 3. The van der Waals surface area contributed by atoms with Gasteiger partial charge < -0.3 is 14.9 Å². The Morgan fingerprint density at radius 3 is 2.65 bits per heavy atom. The molecule has 5 nitrogen and oxygen atoms in total. The van der Waals surface area contributed by atoms with E-state index in [0.29, 0.717) is 5.89 Å². The zero-order chi connectivity index (χ0) is 12.5. The number of ether oxygens (including phenoxy) is 1. The molecule has 0 unspecified atom stereocenters. The Kier molecular flexibility index (Phi) is 2.75. The van der Waals surface area contributed by atoms with E-state index in [1.807, 2.05) is 38.1 Å². The number of aromatic nitrogens is 2. The van der Waals surface area contributed by atoms with Gasteiger partial charge in [0, 0.05) is 0 Å². The van der Waals surface area contributed by atoms with Gasteiger partial charge >= 0.3 is 6.01 Å². The minimum Gasteiger partial charge on any atom is -0.497 e. The van der Waals surface area contributed by atoms with Crippen LogP contribution in [0.2, 0.25) is 0 Å². The minimum atomic E-state index is -0.404. The standard InChI is InChI=1S/C12H15N3O2/c1-12(2,10-14-15-11(13)17-10)8-5-4-6-9(7-8)16-3/h4-7H,1-3H3,(H2,13,15). The molecule has 0 saturated carbocycles. The number of hydrogen-bond acceptors (Lipinski definition) is 5. The molecule has 0 aliphatic carbocycles. The highest BCUT2D eigenvalue weighted by Crippen LogP contribution is 2.32. The average Bonchev–Trinajstić information content (AvgIpc) is 2.76. The van der Waals surface area contributed by atoms with E-state index in [-0.39, 0.29) is 6.01 Å². The van der Waals surface area contributed by atoms with Crippen molar-refractivity contribution in [2.75, 3.05) is 12.8 Å². The highest BCUT2D eigenvalue weighted by atomic mass is 16.5. The second-order valence-electron chi connectivity index (χ2n) is 4.30. The van der Waals surface area contributed by atoms with Gasteiger partial charge in [0.2, 0.25) is 5.89 Å². The topological polar surface area (TPSA) is 74.2 Å². The maximum atomic E-state index is 5.44. The molecule has 5 heteroatoms. The van der Waals surface area contributed by atoms with Crippen LogP contribution in [-0.2, 0) is 5.41 Å². The van der Waals surface area contributed by atoms with Gasteiger partial charge in [0.15, 0.2) is 0 Å².